The molecule has 0 saturated heterocycles. The van der Waals surface area contributed by atoms with E-state index in [1.54, 1.807) is 7.05 Å². The fraction of sp³-hybridized carbons (Fsp3) is 0.182. The number of carboxylic acid groups (broad SMARTS) is 1. The molecule has 0 unspecified atom stereocenters. The first kappa shape index (κ1) is 22.5. The van der Waals surface area contributed by atoms with Gasteiger partial charge in [-0.3, -0.25) is 28.8 Å². The van der Waals surface area contributed by atoms with Gasteiger partial charge in [-0.15, -0.1) is 0 Å². The molecule has 0 radical (unpaired) electrons. The maximum Gasteiger partial charge on any atom is 0.342 e. The van der Waals surface area contributed by atoms with Gasteiger partial charge in [0, 0.05) is 30.9 Å². The summed E-state index contributed by atoms with van der Waals surface area (Å²) in [7, 11) is 1.57. The van der Waals surface area contributed by atoms with Crippen LogP contribution >= 0.6 is 0 Å². The Hall–Kier alpha value is -4.74. The molecule has 4 rings (SSSR count). The molecule has 1 N–H and O–H groups in total. The number of aromatic carboxylic acids is 1. The molecule has 2 aromatic carbocycles. The van der Waals surface area contributed by atoms with Crippen molar-refractivity contribution in [3.05, 3.63) is 90.2 Å². The molecule has 0 bridgehead atoms. The standard InChI is InChI=1S/C22H18N4O8/c1-12-13(4-3-5-16(12)26(32)33)9-25-20(28)15(21(29)30)10-24(22(25)31)14-6-7-17-18(8-14)34-11-19(27)23(17)2/h3-8,10H,9,11H2,1-2H3,(H,29,30). The van der Waals surface area contributed by atoms with Crippen LogP contribution in [0, 0.1) is 17.0 Å². The minimum atomic E-state index is -1.54. The van der Waals surface area contributed by atoms with Crippen molar-refractivity contribution in [2.45, 2.75) is 13.5 Å². The zero-order valence-electron chi connectivity index (χ0n) is 18.0. The molecule has 1 aromatic heterocycles. The molecule has 0 atom stereocenters. The first-order valence-corrected chi connectivity index (χ1v) is 9.96. The van der Waals surface area contributed by atoms with Gasteiger partial charge in [-0.1, -0.05) is 12.1 Å². The smallest absolute Gasteiger partial charge is 0.342 e. The minimum Gasteiger partial charge on any atom is -0.481 e. The van der Waals surface area contributed by atoms with E-state index < -0.39 is 27.7 Å². The van der Waals surface area contributed by atoms with Gasteiger partial charge in [0.05, 0.1) is 22.8 Å². The fourth-order valence-corrected chi connectivity index (χ4v) is 3.70. The van der Waals surface area contributed by atoms with E-state index in [4.69, 9.17) is 4.74 Å². The summed E-state index contributed by atoms with van der Waals surface area (Å²) in [6.45, 7) is 0.912. The number of hydrogen-bond donors (Lipinski definition) is 1. The maximum absolute atomic E-state index is 13.3. The molecule has 1 aliphatic heterocycles. The van der Waals surface area contributed by atoms with Crippen LogP contribution in [0.3, 0.4) is 0 Å². The highest BCUT2D eigenvalue weighted by atomic mass is 16.6. The van der Waals surface area contributed by atoms with Crippen molar-refractivity contribution < 1.29 is 24.4 Å². The number of amides is 1. The van der Waals surface area contributed by atoms with E-state index in [1.165, 1.54) is 48.2 Å². The number of aromatic nitrogens is 2. The van der Waals surface area contributed by atoms with Crippen molar-refractivity contribution in [3.63, 3.8) is 0 Å². The molecule has 0 aliphatic carbocycles. The summed E-state index contributed by atoms with van der Waals surface area (Å²) in [5, 5.41) is 20.8. The Morgan fingerprint density at radius 3 is 2.62 bits per heavy atom. The predicted molar refractivity (Wildman–Crippen MR) is 119 cm³/mol. The van der Waals surface area contributed by atoms with Crippen molar-refractivity contribution in [3.8, 4) is 11.4 Å². The highest BCUT2D eigenvalue weighted by molar-refractivity contribution is 5.97. The molecule has 0 spiro atoms. The Labute approximate surface area is 191 Å². The van der Waals surface area contributed by atoms with Crippen molar-refractivity contribution in [1.29, 1.82) is 0 Å². The minimum absolute atomic E-state index is 0.189. The van der Waals surface area contributed by atoms with E-state index in [0.29, 0.717) is 21.6 Å². The average Bonchev–Trinajstić information content (AvgIpc) is 2.79. The number of nitro benzene ring substituents is 1. The SMILES string of the molecule is Cc1c(Cn2c(=O)c(C(=O)O)cn(-c3ccc4c(c3)OCC(=O)N4C)c2=O)cccc1[N+](=O)[O-]. The van der Waals surface area contributed by atoms with Crippen LogP contribution < -0.4 is 20.9 Å². The summed E-state index contributed by atoms with van der Waals surface area (Å²) in [6, 6.07) is 8.71. The van der Waals surface area contributed by atoms with Crippen molar-refractivity contribution >= 4 is 23.3 Å². The lowest BCUT2D eigenvalue weighted by Crippen LogP contribution is -2.42. The summed E-state index contributed by atoms with van der Waals surface area (Å²) in [4.78, 5) is 61.8. The third-order valence-electron chi connectivity index (χ3n) is 5.65. The molecule has 0 fully saturated rings. The summed E-state index contributed by atoms with van der Waals surface area (Å²) >= 11 is 0. The van der Waals surface area contributed by atoms with Gasteiger partial charge in [-0.05, 0) is 24.6 Å². The number of carboxylic acids is 1. The van der Waals surface area contributed by atoms with Crippen molar-refractivity contribution in [2.24, 2.45) is 0 Å². The first-order valence-electron chi connectivity index (χ1n) is 9.96. The number of benzene rings is 2. The Bertz CT molecular complexity index is 1490. The van der Waals surface area contributed by atoms with Gasteiger partial charge in [-0.25, -0.2) is 9.59 Å². The molecule has 3 aromatic rings. The number of nitrogens with zero attached hydrogens (tertiary/aromatic N) is 4. The second-order valence-corrected chi connectivity index (χ2v) is 7.60. The van der Waals surface area contributed by atoms with Gasteiger partial charge in [0.1, 0.15) is 11.3 Å². The van der Waals surface area contributed by atoms with Gasteiger partial charge >= 0.3 is 11.7 Å². The van der Waals surface area contributed by atoms with E-state index in [9.17, 15) is 34.4 Å². The van der Waals surface area contributed by atoms with Gasteiger partial charge in [0.15, 0.2) is 6.61 Å². The highest BCUT2D eigenvalue weighted by Gasteiger charge is 2.24. The Morgan fingerprint density at radius 1 is 1.21 bits per heavy atom. The molecule has 0 saturated carbocycles. The number of hydrogen-bond acceptors (Lipinski definition) is 7. The Morgan fingerprint density at radius 2 is 1.94 bits per heavy atom. The summed E-state index contributed by atoms with van der Waals surface area (Å²) in [6.07, 6.45) is 0.920. The second-order valence-electron chi connectivity index (χ2n) is 7.60. The van der Waals surface area contributed by atoms with E-state index in [2.05, 4.69) is 0 Å². The van der Waals surface area contributed by atoms with Crippen LogP contribution in [0.2, 0.25) is 0 Å². The molecule has 174 valence electrons. The normalized spacial score (nSPS) is 12.8. The zero-order chi connectivity index (χ0) is 24.7. The van der Waals surface area contributed by atoms with Crippen LogP contribution in [0.15, 0.2) is 52.2 Å². The molecule has 12 nitrogen and oxygen atoms in total. The van der Waals surface area contributed by atoms with Crippen LogP contribution in [0.5, 0.6) is 5.75 Å². The number of anilines is 1. The lowest BCUT2D eigenvalue weighted by Gasteiger charge is -2.26. The lowest BCUT2D eigenvalue weighted by molar-refractivity contribution is -0.385. The van der Waals surface area contributed by atoms with Crippen molar-refractivity contribution in [2.75, 3.05) is 18.6 Å². The molecule has 34 heavy (non-hydrogen) atoms. The van der Waals surface area contributed by atoms with Crippen LogP contribution in [0.25, 0.3) is 5.69 Å². The monoisotopic (exact) mass is 466 g/mol. The highest BCUT2D eigenvalue weighted by Crippen LogP contribution is 2.32. The number of nitro groups is 1. The molecule has 1 amide bonds. The van der Waals surface area contributed by atoms with Crippen LogP contribution in [-0.2, 0) is 11.3 Å². The number of rotatable bonds is 5. The second kappa shape index (κ2) is 8.31. The first-order chi connectivity index (χ1) is 16.1. The quantitative estimate of drug-likeness (QED) is 0.436. The third kappa shape index (κ3) is 3.70. The Kier molecular flexibility index (Phi) is 5.49. The zero-order valence-corrected chi connectivity index (χ0v) is 18.0. The van der Waals surface area contributed by atoms with Crippen molar-refractivity contribution in [1.82, 2.24) is 9.13 Å². The van der Waals surface area contributed by atoms with Gasteiger partial charge in [0.25, 0.3) is 17.2 Å². The van der Waals surface area contributed by atoms with Crippen LogP contribution in [-0.4, -0.2) is 44.7 Å². The number of ether oxygens (including phenoxy) is 1. The number of fused-ring (bicyclic) bond motifs is 1. The third-order valence-corrected chi connectivity index (χ3v) is 5.65. The van der Waals surface area contributed by atoms with Gasteiger partial charge < -0.3 is 14.7 Å². The molecule has 12 heteroatoms. The van der Waals surface area contributed by atoms with E-state index in [1.807, 2.05) is 0 Å². The molecule has 2 heterocycles. The topological polar surface area (TPSA) is 154 Å². The predicted octanol–water partition coefficient (Wildman–Crippen LogP) is 1.32. The van der Waals surface area contributed by atoms with Crippen LogP contribution in [0.1, 0.15) is 21.5 Å². The summed E-state index contributed by atoms with van der Waals surface area (Å²) in [5.41, 5.74) is -1.50. The largest absolute Gasteiger partial charge is 0.481 e. The molecular formula is C22H18N4O8. The molecule has 1 aliphatic rings. The lowest BCUT2D eigenvalue weighted by atomic mass is 10.1. The number of carbonyl (C=O) groups is 2. The maximum atomic E-state index is 13.3. The fourth-order valence-electron chi connectivity index (χ4n) is 3.70. The van der Waals surface area contributed by atoms with Gasteiger partial charge in [-0.2, -0.15) is 0 Å². The summed E-state index contributed by atoms with van der Waals surface area (Å²) in [5.74, 6) is -1.50. The molecular weight excluding hydrogens is 448 g/mol. The Balaban J connectivity index is 1.89. The number of carbonyl (C=O) groups excluding carboxylic acids is 1. The van der Waals surface area contributed by atoms with E-state index in [0.717, 1.165) is 10.8 Å². The summed E-state index contributed by atoms with van der Waals surface area (Å²) < 4.78 is 7.13. The average molecular weight is 466 g/mol. The van der Waals surface area contributed by atoms with E-state index >= 15 is 0 Å². The van der Waals surface area contributed by atoms with Gasteiger partial charge in [0.2, 0.25) is 0 Å². The van der Waals surface area contributed by atoms with E-state index in [-0.39, 0.29) is 36.0 Å². The number of likely N-dealkylation sites (N-methyl/N-ethyl adjacent to an activating group) is 1. The van der Waals surface area contributed by atoms with Crippen LogP contribution in [0.4, 0.5) is 11.4 Å².